The predicted octanol–water partition coefficient (Wildman–Crippen LogP) is 16.1. The number of hydrogen-bond donors (Lipinski definition) is 2. The van der Waals surface area contributed by atoms with Crippen LogP contribution in [0.5, 0.6) is 0 Å². The molecule has 83 heavy (non-hydrogen) atoms. The second-order valence-corrected chi connectivity index (χ2v) is 25.9. The van der Waals surface area contributed by atoms with E-state index in [1.54, 1.807) is 30.6 Å². The second-order valence-electron chi connectivity index (χ2n) is 17.1. The number of hydrogen-bond acceptors (Lipinski definition) is 6. The van der Waals surface area contributed by atoms with Crippen molar-refractivity contribution >= 4 is 159 Å². The summed E-state index contributed by atoms with van der Waals surface area (Å²) in [5, 5.41) is 29.3. The molecule has 0 saturated carbocycles. The normalized spacial score (nSPS) is 10.4. The van der Waals surface area contributed by atoms with Gasteiger partial charge in [-0.3, -0.25) is 0 Å². The van der Waals surface area contributed by atoms with Gasteiger partial charge in [-0.05, 0) is 120 Å². The van der Waals surface area contributed by atoms with Crippen LogP contribution in [0.15, 0.2) is 267 Å². The van der Waals surface area contributed by atoms with E-state index in [2.05, 4.69) is 202 Å². The Balaban J connectivity index is 0.000000150. The summed E-state index contributed by atoms with van der Waals surface area (Å²) in [5.41, 5.74) is 1.56. The van der Waals surface area contributed by atoms with Crippen LogP contribution in [-0.4, -0.2) is 37.1 Å². The van der Waals surface area contributed by atoms with Crippen LogP contribution in [0.2, 0.25) is 25.2 Å². The molecule has 4 aromatic heterocycles. The quantitative estimate of drug-likeness (QED) is 0.0895. The second kappa shape index (κ2) is 34.3. The molecule has 0 amide bonds. The molecule has 0 radical (unpaired) electrons. The van der Waals surface area contributed by atoms with Gasteiger partial charge < -0.3 is 10.0 Å². The summed E-state index contributed by atoms with van der Waals surface area (Å²) in [4.78, 5) is 16.5. The molecule has 0 atom stereocenters. The Morgan fingerprint density at radius 3 is 1.08 bits per heavy atom. The molecular weight excluding hydrogens is 1320 g/mol. The number of benzene rings is 8. The van der Waals surface area contributed by atoms with Crippen molar-refractivity contribution in [2.45, 2.75) is 0 Å². The summed E-state index contributed by atoms with van der Waals surface area (Å²) in [7, 11) is 6.92. The molecule has 0 bridgehead atoms. The summed E-state index contributed by atoms with van der Waals surface area (Å²) >= 11 is 29.0. The molecule has 8 aromatic carbocycles. The smallest absolute Gasteiger partial charge is 0.0134 e. The molecule has 0 unspecified atom stereocenters. The van der Waals surface area contributed by atoms with E-state index in [9.17, 15) is 8.78 Å². The largest absolute Gasteiger partial charge is 0.0622 e. The summed E-state index contributed by atoms with van der Waals surface area (Å²) in [5.74, 6) is -1.08. The number of halogens is 9. The first kappa shape index (κ1) is 64.8. The molecule has 0 aliphatic rings. The van der Waals surface area contributed by atoms with Crippen molar-refractivity contribution in [3.63, 3.8) is 0 Å². The van der Waals surface area contributed by atoms with E-state index in [1.807, 2.05) is 18.2 Å². The fourth-order valence-corrected chi connectivity index (χ4v) is 13.6. The average Bonchev–Trinajstić information content (AvgIpc) is 3.60. The van der Waals surface area contributed by atoms with Crippen LogP contribution >= 0.6 is 92.9 Å². The molecule has 420 valence electrons. The van der Waals surface area contributed by atoms with Crippen molar-refractivity contribution in [1.82, 2.24) is 19.9 Å². The minimum atomic E-state index is -1.81. The molecule has 12 aromatic rings. The Bertz CT molecular complexity index is 3610. The van der Waals surface area contributed by atoms with Crippen LogP contribution in [0.25, 0.3) is 33.3 Å². The molecular formula is C64H46BCl7F2N4O2P2Pd. The fourth-order valence-electron chi connectivity index (χ4n) is 7.91. The van der Waals surface area contributed by atoms with Crippen molar-refractivity contribution in [1.29, 1.82) is 0 Å². The van der Waals surface area contributed by atoms with E-state index in [0.717, 1.165) is 16.8 Å². The van der Waals surface area contributed by atoms with E-state index in [0.29, 0.717) is 42.8 Å². The monoisotopic (exact) mass is 1360 g/mol. The zero-order chi connectivity index (χ0) is 58.9. The van der Waals surface area contributed by atoms with Crippen molar-refractivity contribution < 1.29 is 34.8 Å². The topological polar surface area (TPSA) is 92.0 Å². The third kappa shape index (κ3) is 19.7. The maximum Gasteiger partial charge on any atom is -0.0134 e. The Morgan fingerprint density at radius 2 is 0.723 bits per heavy atom. The first-order chi connectivity index (χ1) is 40.3. The van der Waals surface area contributed by atoms with E-state index in [4.69, 9.17) is 87.1 Å². The van der Waals surface area contributed by atoms with Crippen LogP contribution in [0.1, 0.15) is 0 Å². The average molecular weight is 1370 g/mol. The number of nitrogens with zero attached hydrogens (tertiary/aromatic N) is 4. The van der Waals surface area contributed by atoms with Gasteiger partial charge in [0.05, 0.1) is 15.7 Å². The third-order valence-corrected chi connectivity index (χ3v) is 17.7. The van der Waals surface area contributed by atoms with Crippen LogP contribution in [0.4, 0.5) is 8.78 Å². The predicted molar refractivity (Wildman–Crippen MR) is 348 cm³/mol. The molecule has 19 heteroatoms. The molecule has 0 aliphatic heterocycles. The van der Waals surface area contributed by atoms with Gasteiger partial charge in [-0.1, -0.05) is 240 Å². The van der Waals surface area contributed by atoms with Gasteiger partial charge in [-0.15, -0.1) is 0 Å². The SMILES string of the molecule is Clc1cc(Cl)c2cccnc2n1.Fc1ccc(Cl)cc1-c1cc(Cl)c2cccnc2n1.OB(O)c1cc(Cl)ccc1F.[Cl][Pd][Cl].c1ccc(P(c2ccccc2)c2ccccc2)cc1.c1ccc(P(c2ccccc2)c2ccccc2)cc1. The van der Waals surface area contributed by atoms with Gasteiger partial charge in [0.1, 0.15) is 16.8 Å². The Hall–Kier alpha value is -5.72. The van der Waals surface area contributed by atoms with Gasteiger partial charge >= 0.3 is 42.1 Å². The van der Waals surface area contributed by atoms with Gasteiger partial charge in [0.25, 0.3) is 0 Å². The van der Waals surface area contributed by atoms with Gasteiger partial charge in [0.15, 0.2) is 11.3 Å². The number of rotatable bonds is 8. The summed E-state index contributed by atoms with van der Waals surface area (Å²) in [6.45, 7) is 0. The molecule has 0 saturated heterocycles. The Kier molecular flexibility index (Phi) is 26.8. The van der Waals surface area contributed by atoms with Crippen LogP contribution < -0.4 is 37.3 Å². The number of pyridine rings is 4. The van der Waals surface area contributed by atoms with E-state index in [-0.39, 0.29) is 26.4 Å². The Morgan fingerprint density at radius 1 is 0.386 bits per heavy atom. The summed E-state index contributed by atoms with van der Waals surface area (Å²) in [6, 6.07) is 83.0. The zero-order valence-electron chi connectivity index (χ0n) is 43.3. The van der Waals surface area contributed by atoms with Crippen molar-refractivity contribution in [3.05, 3.63) is 304 Å². The fraction of sp³-hybridized carbons (Fsp3) is 0. The minimum absolute atomic E-state index is 0.106. The maximum atomic E-state index is 13.8. The van der Waals surface area contributed by atoms with Crippen LogP contribution in [0.3, 0.4) is 0 Å². The molecule has 0 spiro atoms. The standard InChI is InChI=1S/2C18H15P.C14H7Cl2FN2.C8H4Cl2N2.C6H5BClFO2.2ClH.Pd/c2*1-4-10-16(11-5-1)19(17-12-6-2-7-13-17)18-14-8-3-9-15-18;15-8-3-4-12(17)10(6-8)13-7-11(16)9-2-1-5-18-14(9)19-13;9-6-4-7(10)12-8-5(6)2-1-3-11-8;8-4-1-2-6(9)5(3-4)7(10)11;;;/h2*1-15H;1-7H;1-4H;1-3,10-11H;2*1H;/q;;;;;;;+2/p-2. The molecule has 2 N–H and O–H groups in total. The zero-order valence-corrected chi connectivity index (χ0v) is 51.9. The van der Waals surface area contributed by atoms with Gasteiger partial charge in [-0.2, -0.15) is 0 Å². The number of aromatic nitrogens is 4. The minimum Gasteiger partial charge on any atom is -0.0622 e. The van der Waals surface area contributed by atoms with Crippen LogP contribution in [-0.2, 0) is 15.9 Å². The summed E-state index contributed by atoms with van der Waals surface area (Å²) in [6.07, 6.45) is 3.27. The molecule has 4 heterocycles. The molecule has 0 aliphatic carbocycles. The van der Waals surface area contributed by atoms with E-state index in [1.165, 1.54) is 62.2 Å². The van der Waals surface area contributed by atoms with E-state index < -0.39 is 34.6 Å². The van der Waals surface area contributed by atoms with Crippen molar-refractivity contribution in [2.75, 3.05) is 0 Å². The van der Waals surface area contributed by atoms with Gasteiger partial charge in [0, 0.05) is 44.2 Å². The third-order valence-electron chi connectivity index (χ3n) is 11.6. The summed E-state index contributed by atoms with van der Waals surface area (Å²) < 4.78 is 26.5. The van der Waals surface area contributed by atoms with Crippen molar-refractivity contribution in [3.8, 4) is 11.3 Å². The maximum absolute atomic E-state index is 13.8. The van der Waals surface area contributed by atoms with Gasteiger partial charge in [0.2, 0.25) is 0 Å². The van der Waals surface area contributed by atoms with Gasteiger partial charge in [-0.25, -0.2) is 28.7 Å². The number of fused-ring (bicyclic) bond motifs is 2. The van der Waals surface area contributed by atoms with E-state index >= 15 is 0 Å². The van der Waals surface area contributed by atoms with Crippen LogP contribution in [0, 0.1) is 11.6 Å². The van der Waals surface area contributed by atoms with Crippen molar-refractivity contribution in [2.24, 2.45) is 0 Å². The molecule has 0 fully saturated rings. The molecule has 12 rings (SSSR count). The molecule has 6 nitrogen and oxygen atoms in total. The first-order valence-electron chi connectivity index (χ1n) is 24.8. The Labute approximate surface area is 524 Å². The first-order valence-corrected chi connectivity index (χ1v) is 33.4.